The topological polar surface area (TPSA) is 33.1 Å². The third-order valence-electron chi connectivity index (χ3n) is 9.94. The summed E-state index contributed by atoms with van der Waals surface area (Å²) in [6, 6.07) is 60.7. The fraction of sp³-hybridized carbons (Fsp3) is 0. The van der Waals surface area contributed by atoms with Gasteiger partial charge in [0, 0.05) is 27.6 Å². The van der Waals surface area contributed by atoms with Crippen molar-refractivity contribution in [3.05, 3.63) is 181 Å². The minimum atomic E-state index is -2.56. The Morgan fingerprint density at radius 3 is 1.98 bits per heavy atom. The van der Waals surface area contributed by atoms with Crippen LogP contribution in [0.15, 0.2) is 164 Å². The van der Waals surface area contributed by atoms with Gasteiger partial charge in [0.1, 0.15) is 0 Å². The lowest BCUT2D eigenvalue weighted by Gasteiger charge is -2.31. The van der Waals surface area contributed by atoms with Crippen molar-refractivity contribution in [3.63, 3.8) is 0 Å². The molecule has 0 aliphatic carbocycles. The minimum absolute atomic E-state index is 0.485. The van der Waals surface area contributed by atoms with E-state index in [-0.39, 0.29) is 0 Å². The van der Waals surface area contributed by atoms with Crippen LogP contribution in [0.1, 0.15) is 5.56 Å². The summed E-state index contributed by atoms with van der Waals surface area (Å²) in [6.45, 7) is 7.78. The molecule has 8 aromatic rings. The predicted octanol–water partition coefficient (Wildman–Crippen LogP) is 8.23. The van der Waals surface area contributed by atoms with E-state index in [2.05, 4.69) is 155 Å². The first kappa shape index (κ1) is 27.8. The minimum Gasteiger partial charge on any atom is -0.309 e. The Bertz CT molecular complexity index is 2570. The molecule has 222 valence electrons. The Morgan fingerprint density at radius 2 is 1.23 bits per heavy atom. The summed E-state index contributed by atoms with van der Waals surface area (Å²) in [4.78, 5) is 3.75. The van der Waals surface area contributed by atoms with Gasteiger partial charge >= 0.3 is 0 Å². The molecule has 0 bridgehead atoms. The van der Waals surface area contributed by atoms with Crippen LogP contribution in [0, 0.1) is 17.9 Å². The van der Waals surface area contributed by atoms with E-state index in [1.165, 1.54) is 31.9 Å². The first-order valence-electron chi connectivity index (χ1n) is 16.0. The molecule has 0 atom stereocenters. The third kappa shape index (κ3) is 3.85. The van der Waals surface area contributed by atoms with Crippen LogP contribution >= 0.6 is 0 Å². The summed E-state index contributed by atoms with van der Waals surface area (Å²) in [5.41, 5.74) is 8.44. The number of hydrogen-bond acceptors (Lipinski definition) is 1. The van der Waals surface area contributed by atoms with Gasteiger partial charge in [-0.25, -0.2) is 4.85 Å². The second-order valence-electron chi connectivity index (χ2n) is 12.3. The highest BCUT2D eigenvalue weighted by atomic mass is 28.3. The molecule has 0 unspecified atom stereocenters. The monoisotopic (exact) mass is 625 g/mol. The fourth-order valence-corrected chi connectivity index (χ4v) is 13.2. The van der Waals surface area contributed by atoms with E-state index >= 15 is 0 Å². The fourth-order valence-electron chi connectivity index (χ4n) is 8.01. The highest BCUT2D eigenvalue weighted by Crippen LogP contribution is 2.40. The van der Waals surface area contributed by atoms with Crippen molar-refractivity contribution in [3.8, 4) is 34.0 Å². The van der Waals surface area contributed by atoms with E-state index in [9.17, 15) is 5.26 Å². The lowest BCUT2D eigenvalue weighted by Crippen LogP contribution is -2.72. The SMILES string of the molecule is [C-]#[N+]c1cccc(C#N)c1-c1ccc2c(c1)c1ccccc1n2-c1ccc2c(c1)-c1ccccc1[Si]2(c1ccccc1)c1ccccc1. The smallest absolute Gasteiger partial charge is 0.196 e. The van der Waals surface area contributed by atoms with Crippen LogP contribution in [0.3, 0.4) is 0 Å². The summed E-state index contributed by atoms with van der Waals surface area (Å²) >= 11 is 0. The third-order valence-corrected chi connectivity index (χ3v) is 14.8. The molecule has 0 amide bonds. The Balaban J connectivity index is 1.31. The number of nitriles is 1. The molecule has 0 fully saturated rings. The predicted molar refractivity (Wildman–Crippen MR) is 200 cm³/mol. The number of benzene rings is 7. The molecule has 0 N–H and O–H groups in total. The molecule has 0 radical (unpaired) electrons. The molecule has 1 aliphatic rings. The van der Waals surface area contributed by atoms with Crippen LogP contribution < -0.4 is 20.7 Å². The van der Waals surface area contributed by atoms with Crippen LogP contribution in [0.4, 0.5) is 5.69 Å². The Morgan fingerprint density at radius 1 is 0.562 bits per heavy atom. The summed E-state index contributed by atoms with van der Waals surface area (Å²) in [7, 11) is -2.56. The average molecular weight is 626 g/mol. The van der Waals surface area contributed by atoms with Crippen LogP contribution in [0.25, 0.3) is 54.6 Å². The van der Waals surface area contributed by atoms with Gasteiger partial charge < -0.3 is 4.57 Å². The number of rotatable bonds is 4. The van der Waals surface area contributed by atoms with E-state index in [0.717, 1.165) is 33.1 Å². The van der Waals surface area contributed by atoms with Crippen molar-refractivity contribution in [2.24, 2.45) is 0 Å². The molecular formula is C44H27N3Si. The summed E-state index contributed by atoms with van der Waals surface area (Å²) in [5.74, 6) is 0. The normalized spacial score (nSPS) is 12.7. The molecule has 0 saturated heterocycles. The van der Waals surface area contributed by atoms with Crippen molar-refractivity contribution in [2.75, 3.05) is 0 Å². The maximum Gasteiger partial charge on any atom is 0.196 e. The largest absolute Gasteiger partial charge is 0.309 e. The number of para-hydroxylation sites is 1. The molecule has 9 rings (SSSR count). The van der Waals surface area contributed by atoms with E-state index < -0.39 is 8.07 Å². The quantitative estimate of drug-likeness (QED) is 0.143. The lowest BCUT2D eigenvalue weighted by molar-refractivity contribution is 1.18. The standard InChI is InChI=1S/C44H27N3Si/c1-46-39-20-12-13-31(29-45)44(39)30-23-25-41-37(27-30)35-18-8-10-21-40(35)47(41)32-24-26-43-38(28-32)36-19-9-11-22-42(36)48(43,33-14-4-2-5-15-33)34-16-6-3-7-17-34/h2-28H. The summed E-state index contributed by atoms with van der Waals surface area (Å²) in [6.07, 6.45) is 0. The Hall–Kier alpha value is -6.46. The van der Waals surface area contributed by atoms with Gasteiger partial charge in [-0.15, -0.1) is 0 Å². The van der Waals surface area contributed by atoms with Gasteiger partial charge in [-0.1, -0.05) is 127 Å². The van der Waals surface area contributed by atoms with E-state index in [4.69, 9.17) is 6.57 Å². The van der Waals surface area contributed by atoms with Crippen LogP contribution in [-0.2, 0) is 0 Å². The van der Waals surface area contributed by atoms with Crippen LogP contribution in [0.2, 0.25) is 0 Å². The molecule has 0 saturated carbocycles. The van der Waals surface area contributed by atoms with Gasteiger partial charge in [-0.3, -0.25) is 0 Å². The average Bonchev–Trinajstić information content (AvgIpc) is 3.65. The zero-order chi connectivity index (χ0) is 32.2. The molecule has 3 nitrogen and oxygen atoms in total. The lowest BCUT2D eigenvalue weighted by atomic mass is 9.97. The number of nitrogens with zero attached hydrogens (tertiary/aromatic N) is 3. The second-order valence-corrected chi connectivity index (χ2v) is 16.0. The molecule has 48 heavy (non-hydrogen) atoms. The highest BCUT2D eigenvalue weighted by Gasteiger charge is 2.48. The maximum absolute atomic E-state index is 9.91. The van der Waals surface area contributed by atoms with Gasteiger partial charge in [0.2, 0.25) is 0 Å². The van der Waals surface area contributed by atoms with E-state index in [1.807, 2.05) is 6.07 Å². The summed E-state index contributed by atoms with van der Waals surface area (Å²) < 4.78 is 2.36. The molecule has 7 aromatic carbocycles. The number of hydrogen-bond donors (Lipinski definition) is 0. The maximum atomic E-state index is 9.91. The number of aromatic nitrogens is 1. The van der Waals surface area contributed by atoms with Crippen molar-refractivity contribution in [1.29, 1.82) is 5.26 Å². The van der Waals surface area contributed by atoms with Gasteiger partial charge in [0.05, 0.1) is 23.7 Å². The van der Waals surface area contributed by atoms with Gasteiger partial charge in [-0.2, -0.15) is 5.26 Å². The molecule has 0 spiro atoms. The molecule has 4 heteroatoms. The second kappa shape index (κ2) is 10.8. The molecule has 1 aromatic heterocycles. The molecule has 2 heterocycles. The molecule has 1 aliphatic heterocycles. The van der Waals surface area contributed by atoms with E-state index in [0.29, 0.717) is 16.8 Å². The zero-order valence-corrected chi connectivity index (χ0v) is 26.9. The first-order valence-corrected chi connectivity index (χ1v) is 18.0. The van der Waals surface area contributed by atoms with Gasteiger partial charge in [-0.05, 0) is 73.8 Å². The zero-order valence-electron chi connectivity index (χ0n) is 25.9. The van der Waals surface area contributed by atoms with Gasteiger partial charge in [0.15, 0.2) is 13.8 Å². The Kier molecular flexibility index (Phi) is 6.27. The van der Waals surface area contributed by atoms with Crippen LogP contribution in [-0.4, -0.2) is 12.6 Å². The Labute approximate surface area is 280 Å². The van der Waals surface area contributed by atoms with Crippen molar-refractivity contribution in [1.82, 2.24) is 4.57 Å². The number of fused-ring (bicyclic) bond motifs is 6. The van der Waals surface area contributed by atoms with E-state index in [1.54, 1.807) is 18.2 Å². The van der Waals surface area contributed by atoms with Crippen molar-refractivity contribution in [2.45, 2.75) is 0 Å². The summed E-state index contributed by atoms with van der Waals surface area (Å²) in [5, 5.41) is 17.7. The van der Waals surface area contributed by atoms with Gasteiger partial charge in [0.25, 0.3) is 0 Å². The first-order chi connectivity index (χ1) is 23.7. The van der Waals surface area contributed by atoms with Crippen LogP contribution in [0.5, 0.6) is 0 Å². The van der Waals surface area contributed by atoms with Crippen molar-refractivity contribution >= 4 is 56.3 Å². The molecular weight excluding hydrogens is 599 g/mol. The van der Waals surface area contributed by atoms with Crippen molar-refractivity contribution < 1.29 is 0 Å². The highest BCUT2D eigenvalue weighted by molar-refractivity contribution is 7.22.